The van der Waals surface area contributed by atoms with E-state index in [9.17, 15) is 9.59 Å². The molecule has 6 heteroatoms. The summed E-state index contributed by atoms with van der Waals surface area (Å²) in [7, 11) is 1.68. The number of aryl methyl sites for hydroxylation is 1. The Bertz CT molecular complexity index is 1450. The van der Waals surface area contributed by atoms with Crippen molar-refractivity contribution in [2.45, 2.75) is 66.3 Å². The quantitative estimate of drug-likeness (QED) is 0.293. The second-order valence-corrected chi connectivity index (χ2v) is 11.7. The summed E-state index contributed by atoms with van der Waals surface area (Å²) in [6.07, 6.45) is 5.53. The number of ether oxygens (including phenoxy) is 1. The molecular formula is C32H37N3O3. The number of benzene rings is 1. The van der Waals surface area contributed by atoms with Gasteiger partial charge in [0, 0.05) is 36.0 Å². The Hall–Kier alpha value is -3.67. The van der Waals surface area contributed by atoms with Gasteiger partial charge in [-0.1, -0.05) is 46.4 Å². The summed E-state index contributed by atoms with van der Waals surface area (Å²) in [6, 6.07) is 5.72. The van der Waals surface area contributed by atoms with Gasteiger partial charge in [-0.15, -0.1) is 0 Å². The van der Waals surface area contributed by atoms with Crippen molar-refractivity contribution in [2.24, 2.45) is 11.3 Å². The first kappa shape index (κ1) is 26.0. The normalized spacial score (nSPS) is 18.7. The lowest BCUT2D eigenvalue weighted by molar-refractivity contribution is -0.136. The van der Waals surface area contributed by atoms with Crippen LogP contribution in [0.25, 0.3) is 16.6 Å². The number of aromatic nitrogens is 1. The molecule has 1 N–H and O–H groups in total. The minimum atomic E-state index is -0.229. The maximum atomic E-state index is 12.5. The van der Waals surface area contributed by atoms with Gasteiger partial charge < -0.3 is 15.0 Å². The van der Waals surface area contributed by atoms with Crippen molar-refractivity contribution in [3.8, 4) is 5.75 Å². The largest absolute Gasteiger partial charge is 0.426 e. The molecule has 0 fully saturated rings. The van der Waals surface area contributed by atoms with E-state index in [1.54, 1.807) is 7.05 Å². The highest BCUT2D eigenvalue weighted by Crippen LogP contribution is 2.49. The monoisotopic (exact) mass is 511 g/mol. The van der Waals surface area contributed by atoms with Crippen molar-refractivity contribution in [3.63, 3.8) is 0 Å². The van der Waals surface area contributed by atoms with Gasteiger partial charge >= 0.3 is 5.97 Å². The number of hydrogen-bond donors (Lipinski definition) is 1. The van der Waals surface area contributed by atoms with Gasteiger partial charge in [0.1, 0.15) is 5.75 Å². The number of fused-ring (bicyclic) bond motifs is 4. The van der Waals surface area contributed by atoms with Crippen LogP contribution in [0.1, 0.15) is 70.2 Å². The zero-order chi connectivity index (χ0) is 27.4. The summed E-state index contributed by atoms with van der Waals surface area (Å²) in [5, 5.41) is 3.78. The Morgan fingerprint density at radius 2 is 1.97 bits per heavy atom. The number of hydrogen-bond acceptors (Lipinski definition) is 5. The average Bonchev–Trinajstić information content (AvgIpc) is 3.21. The summed E-state index contributed by atoms with van der Waals surface area (Å²) in [5.41, 5.74) is 9.61. The number of esters is 1. The van der Waals surface area contributed by atoms with Crippen LogP contribution in [0.5, 0.6) is 5.75 Å². The summed E-state index contributed by atoms with van der Waals surface area (Å²) >= 11 is 0. The Labute approximate surface area is 225 Å². The van der Waals surface area contributed by atoms with E-state index in [4.69, 9.17) is 9.72 Å². The lowest BCUT2D eigenvalue weighted by Gasteiger charge is -2.37. The average molecular weight is 512 g/mol. The van der Waals surface area contributed by atoms with Crippen LogP contribution in [0.15, 0.2) is 59.8 Å². The Balaban J connectivity index is 1.56. The van der Waals surface area contributed by atoms with Crippen LogP contribution in [-0.2, 0) is 22.6 Å². The SMILES string of the molecule is C=C1CCC2=C(C=C3c4nc5ccc(OC(=O)CC(C)(C)C)cc5c(CC)c4CN3C2=C)C1CC(=O)NC. The number of rotatable bonds is 5. The first-order chi connectivity index (χ1) is 18.0. The van der Waals surface area contributed by atoms with Crippen LogP contribution in [0.2, 0.25) is 0 Å². The fourth-order valence-electron chi connectivity index (χ4n) is 5.94. The molecule has 0 bridgehead atoms. The first-order valence-corrected chi connectivity index (χ1v) is 13.5. The van der Waals surface area contributed by atoms with Gasteiger partial charge in [-0.05, 0) is 65.7 Å². The van der Waals surface area contributed by atoms with Gasteiger partial charge in [0.2, 0.25) is 5.91 Å². The van der Waals surface area contributed by atoms with Gasteiger partial charge in [0.15, 0.2) is 0 Å². The van der Waals surface area contributed by atoms with E-state index in [0.29, 0.717) is 25.1 Å². The fourth-order valence-corrected chi connectivity index (χ4v) is 5.94. The second kappa shape index (κ2) is 9.57. The molecule has 2 aliphatic heterocycles. The Kier molecular flexibility index (Phi) is 6.54. The molecule has 1 aromatic heterocycles. The predicted octanol–water partition coefficient (Wildman–Crippen LogP) is 6.22. The molecule has 1 aliphatic carbocycles. The number of nitrogens with zero attached hydrogens (tertiary/aromatic N) is 2. The molecule has 198 valence electrons. The number of nitrogens with one attached hydrogen (secondary N) is 1. The van der Waals surface area contributed by atoms with E-state index in [-0.39, 0.29) is 23.2 Å². The molecule has 1 aromatic carbocycles. The van der Waals surface area contributed by atoms with E-state index in [0.717, 1.165) is 58.4 Å². The smallest absolute Gasteiger partial charge is 0.311 e. The second-order valence-electron chi connectivity index (χ2n) is 11.7. The molecular weight excluding hydrogens is 474 g/mol. The van der Waals surface area contributed by atoms with E-state index in [2.05, 4.69) is 36.4 Å². The highest BCUT2D eigenvalue weighted by molar-refractivity contribution is 5.90. The predicted molar refractivity (Wildman–Crippen MR) is 151 cm³/mol. The molecule has 1 unspecified atom stereocenters. The maximum Gasteiger partial charge on any atom is 0.311 e. The van der Waals surface area contributed by atoms with Crippen LogP contribution >= 0.6 is 0 Å². The summed E-state index contributed by atoms with van der Waals surface area (Å²) in [4.78, 5) is 32.2. The van der Waals surface area contributed by atoms with Crippen LogP contribution in [0, 0.1) is 11.3 Å². The molecule has 3 aliphatic rings. The van der Waals surface area contributed by atoms with Gasteiger partial charge in [-0.25, -0.2) is 4.98 Å². The molecule has 1 atom stereocenters. The number of amides is 1. The van der Waals surface area contributed by atoms with Crippen molar-refractivity contribution in [1.29, 1.82) is 0 Å². The van der Waals surface area contributed by atoms with E-state index < -0.39 is 0 Å². The molecule has 0 radical (unpaired) electrons. The van der Waals surface area contributed by atoms with E-state index in [1.165, 1.54) is 16.7 Å². The van der Waals surface area contributed by atoms with Crippen molar-refractivity contribution in [3.05, 3.63) is 76.7 Å². The zero-order valence-electron chi connectivity index (χ0n) is 23.2. The first-order valence-electron chi connectivity index (χ1n) is 13.5. The van der Waals surface area contributed by atoms with Gasteiger partial charge in [0.25, 0.3) is 0 Å². The molecule has 0 saturated carbocycles. The molecule has 6 nitrogen and oxygen atoms in total. The summed E-state index contributed by atoms with van der Waals surface area (Å²) in [5.74, 6) is 0.313. The Morgan fingerprint density at radius 1 is 1.21 bits per heavy atom. The van der Waals surface area contributed by atoms with Crippen LogP contribution in [0.4, 0.5) is 0 Å². The minimum absolute atomic E-state index is 0.0135. The van der Waals surface area contributed by atoms with Crippen LogP contribution in [0.3, 0.4) is 0 Å². The molecule has 1 amide bonds. The third kappa shape index (κ3) is 4.57. The molecule has 3 heterocycles. The molecule has 0 saturated heterocycles. The fraction of sp³-hybridized carbons (Fsp3) is 0.406. The van der Waals surface area contributed by atoms with E-state index >= 15 is 0 Å². The lowest BCUT2D eigenvalue weighted by Crippen LogP contribution is -2.29. The molecule has 0 spiro atoms. The molecule has 38 heavy (non-hydrogen) atoms. The summed E-state index contributed by atoms with van der Waals surface area (Å²) in [6.45, 7) is 17.7. The van der Waals surface area contributed by atoms with Gasteiger partial charge in [-0.2, -0.15) is 0 Å². The maximum absolute atomic E-state index is 12.5. The summed E-state index contributed by atoms with van der Waals surface area (Å²) < 4.78 is 5.71. The van der Waals surface area contributed by atoms with Crippen LogP contribution in [-0.4, -0.2) is 28.8 Å². The third-order valence-electron chi connectivity index (χ3n) is 7.83. The highest BCUT2D eigenvalue weighted by atomic mass is 16.5. The number of carbonyl (C=O) groups is 2. The third-order valence-corrected chi connectivity index (χ3v) is 7.83. The lowest BCUT2D eigenvalue weighted by atomic mass is 9.75. The van der Waals surface area contributed by atoms with Crippen molar-refractivity contribution >= 4 is 28.5 Å². The molecule has 2 aromatic rings. The standard InChI is InChI=1S/C32H37N3O3/c1-8-21-25-13-20(38-30(37)16-32(4,5)6)10-12-27(25)34-31-26(21)17-35-19(3)22-11-9-18(2)23(15-29(36)33-7)24(22)14-28(31)35/h10,12-14,23H,2-3,8-9,11,15-17H2,1,4-7H3,(H,33,36). The highest BCUT2D eigenvalue weighted by Gasteiger charge is 2.38. The Morgan fingerprint density at radius 3 is 2.66 bits per heavy atom. The van der Waals surface area contributed by atoms with Gasteiger partial charge in [0.05, 0.1) is 29.9 Å². The van der Waals surface area contributed by atoms with Crippen LogP contribution < -0.4 is 10.1 Å². The topological polar surface area (TPSA) is 71.5 Å². The number of allylic oxidation sites excluding steroid dienone is 4. The number of pyridine rings is 1. The van der Waals surface area contributed by atoms with Crippen molar-refractivity contribution < 1.29 is 14.3 Å². The molecule has 5 rings (SSSR count). The minimum Gasteiger partial charge on any atom is -0.426 e. The number of carbonyl (C=O) groups excluding carboxylic acids is 2. The van der Waals surface area contributed by atoms with Gasteiger partial charge in [-0.3, -0.25) is 9.59 Å². The van der Waals surface area contributed by atoms with Crippen molar-refractivity contribution in [1.82, 2.24) is 15.2 Å². The van der Waals surface area contributed by atoms with E-state index in [1.807, 2.05) is 39.0 Å². The van der Waals surface area contributed by atoms with Crippen molar-refractivity contribution in [2.75, 3.05) is 7.05 Å². The zero-order valence-corrected chi connectivity index (χ0v) is 23.2.